The van der Waals surface area contributed by atoms with Gasteiger partial charge in [0.05, 0.1) is 24.2 Å². The largest absolute Gasteiger partial charge is 0.393 e. The molecule has 8 nitrogen and oxygen atoms in total. The van der Waals surface area contributed by atoms with E-state index in [1.165, 1.54) is 12.1 Å². The molecule has 2 saturated heterocycles. The SMILES string of the molecule is O=[N+]([O-])c1ccc(CN=C(NCC2CCOC2)N2CCC(O)CC2)cc1. The van der Waals surface area contributed by atoms with Crippen LogP contribution < -0.4 is 5.32 Å². The van der Waals surface area contributed by atoms with Crippen LogP contribution in [0.1, 0.15) is 24.8 Å². The molecule has 2 aliphatic rings. The molecule has 0 bridgehead atoms. The normalized spacial score (nSPS) is 21.8. The third-order valence-corrected chi connectivity index (χ3v) is 4.90. The van der Waals surface area contributed by atoms with Crippen molar-refractivity contribution in [1.82, 2.24) is 10.2 Å². The van der Waals surface area contributed by atoms with Crippen molar-refractivity contribution in [1.29, 1.82) is 0 Å². The summed E-state index contributed by atoms with van der Waals surface area (Å²) in [7, 11) is 0. The van der Waals surface area contributed by atoms with Crippen molar-refractivity contribution in [3.8, 4) is 0 Å². The van der Waals surface area contributed by atoms with Gasteiger partial charge in [0.15, 0.2) is 5.96 Å². The minimum Gasteiger partial charge on any atom is -0.393 e. The number of ether oxygens (including phenoxy) is 1. The number of nitro benzene ring substituents is 1. The highest BCUT2D eigenvalue weighted by atomic mass is 16.6. The van der Waals surface area contributed by atoms with E-state index in [9.17, 15) is 15.2 Å². The molecule has 1 unspecified atom stereocenters. The number of nitrogens with one attached hydrogen (secondary N) is 1. The summed E-state index contributed by atoms with van der Waals surface area (Å²) < 4.78 is 5.43. The maximum Gasteiger partial charge on any atom is 0.269 e. The van der Waals surface area contributed by atoms with Crippen molar-refractivity contribution >= 4 is 11.6 Å². The van der Waals surface area contributed by atoms with Crippen molar-refractivity contribution in [2.75, 3.05) is 32.8 Å². The molecule has 1 aromatic carbocycles. The van der Waals surface area contributed by atoms with Gasteiger partial charge in [-0.3, -0.25) is 10.1 Å². The van der Waals surface area contributed by atoms with E-state index >= 15 is 0 Å². The lowest BCUT2D eigenvalue weighted by Crippen LogP contribution is -2.47. The minimum atomic E-state index is -0.400. The van der Waals surface area contributed by atoms with E-state index in [0.29, 0.717) is 12.5 Å². The van der Waals surface area contributed by atoms with Crippen molar-refractivity contribution in [3.05, 3.63) is 39.9 Å². The van der Waals surface area contributed by atoms with E-state index in [0.717, 1.165) is 63.6 Å². The quantitative estimate of drug-likeness (QED) is 0.357. The minimum absolute atomic E-state index is 0.0855. The standard InChI is InChI=1S/C18H26N4O4/c23-17-5-8-21(9-6-17)18(20-12-15-7-10-26-13-15)19-11-14-1-3-16(4-2-14)22(24)25/h1-4,15,17,23H,5-13H2,(H,19,20). The Labute approximate surface area is 153 Å². The van der Waals surface area contributed by atoms with E-state index < -0.39 is 4.92 Å². The van der Waals surface area contributed by atoms with E-state index in [1.54, 1.807) is 12.1 Å². The third-order valence-electron chi connectivity index (χ3n) is 4.90. The summed E-state index contributed by atoms with van der Waals surface area (Å²) in [6, 6.07) is 6.49. The number of likely N-dealkylation sites (tertiary alicyclic amines) is 1. The molecule has 26 heavy (non-hydrogen) atoms. The topological polar surface area (TPSA) is 100 Å². The van der Waals surface area contributed by atoms with Gasteiger partial charge in [-0.15, -0.1) is 0 Å². The van der Waals surface area contributed by atoms with Gasteiger partial charge in [0.25, 0.3) is 5.69 Å². The van der Waals surface area contributed by atoms with Crippen LogP contribution in [0.4, 0.5) is 5.69 Å². The molecule has 2 heterocycles. The number of nitro groups is 1. The number of aliphatic imine (C=N–C) groups is 1. The Bertz CT molecular complexity index is 621. The van der Waals surface area contributed by atoms with Crippen LogP contribution in [-0.2, 0) is 11.3 Å². The fraction of sp³-hybridized carbons (Fsp3) is 0.611. The maximum atomic E-state index is 10.8. The zero-order valence-corrected chi connectivity index (χ0v) is 14.8. The molecule has 0 aromatic heterocycles. The predicted octanol–water partition coefficient (Wildman–Crippen LogP) is 1.53. The summed E-state index contributed by atoms with van der Waals surface area (Å²) in [4.78, 5) is 17.2. The van der Waals surface area contributed by atoms with Gasteiger partial charge in [-0.25, -0.2) is 4.99 Å². The van der Waals surface area contributed by atoms with Crippen LogP contribution in [0.2, 0.25) is 0 Å². The van der Waals surface area contributed by atoms with Crippen LogP contribution in [0.5, 0.6) is 0 Å². The van der Waals surface area contributed by atoms with Crippen LogP contribution in [0.25, 0.3) is 0 Å². The highest BCUT2D eigenvalue weighted by Gasteiger charge is 2.22. The second-order valence-electron chi connectivity index (χ2n) is 6.89. The van der Waals surface area contributed by atoms with Crippen LogP contribution in [0.3, 0.4) is 0 Å². The Hall–Kier alpha value is -2.19. The predicted molar refractivity (Wildman–Crippen MR) is 98.0 cm³/mol. The number of guanidine groups is 1. The van der Waals surface area contributed by atoms with Crippen molar-refractivity contribution in [2.45, 2.75) is 31.9 Å². The number of benzene rings is 1. The van der Waals surface area contributed by atoms with Crippen molar-refractivity contribution in [2.24, 2.45) is 10.9 Å². The van der Waals surface area contributed by atoms with E-state index in [1.807, 2.05) is 0 Å². The molecule has 3 rings (SSSR count). The van der Waals surface area contributed by atoms with Gasteiger partial charge < -0.3 is 20.1 Å². The van der Waals surface area contributed by atoms with E-state index in [4.69, 9.17) is 9.73 Å². The molecule has 0 amide bonds. The highest BCUT2D eigenvalue weighted by Crippen LogP contribution is 2.15. The Morgan fingerprint density at radius 3 is 2.65 bits per heavy atom. The van der Waals surface area contributed by atoms with Crippen molar-refractivity contribution in [3.63, 3.8) is 0 Å². The zero-order valence-electron chi connectivity index (χ0n) is 14.8. The number of hydrogen-bond acceptors (Lipinski definition) is 5. The molecule has 0 aliphatic carbocycles. The number of rotatable bonds is 5. The van der Waals surface area contributed by atoms with Gasteiger partial charge in [0.1, 0.15) is 0 Å². The summed E-state index contributed by atoms with van der Waals surface area (Å²) in [6.07, 6.45) is 2.31. The molecule has 0 radical (unpaired) electrons. The Morgan fingerprint density at radius 2 is 2.04 bits per heavy atom. The zero-order chi connectivity index (χ0) is 18.4. The number of piperidine rings is 1. The molecule has 0 saturated carbocycles. The third kappa shape index (κ3) is 5.15. The van der Waals surface area contributed by atoms with Gasteiger partial charge in [0, 0.05) is 44.3 Å². The summed E-state index contributed by atoms with van der Waals surface area (Å²) in [5.74, 6) is 1.33. The molecule has 2 aliphatic heterocycles. The second kappa shape index (κ2) is 8.95. The van der Waals surface area contributed by atoms with Gasteiger partial charge in [0.2, 0.25) is 0 Å². The van der Waals surface area contributed by atoms with Gasteiger partial charge in [-0.05, 0) is 24.8 Å². The summed E-state index contributed by atoms with van der Waals surface area (Å²) >= 11 is 0. The Kier molecular flexibility index (Phi) is 6.40. The van der Waals surface area contributed by atoms with Crippen molar-refractivity contribution < 1.29 is 14.8 Å². The lowest BCUT2D eigenvalue weighted by Gasteiger charge is -2.33. The first kappa shape index (κ1) is 18.6. The molecule has 142 valence electrons. The van der Waals surface area contributed by atoms with E-state index in [2.05, 4.69) is 10.2 Å². The Balaban J connectivity index is 1.64. The highest BCUT2D eigenvalue weighted by molar-refractivity contribution is 5.80. The Morgan fingerprint density at radius 1 is 1.31 bits per heavy atom. The summed E-state index contributed by atoms with van der Waals surface area (Å²) in [5.41, 5.74) is 1.01. The number of non-ortho nitro benzene ring substituents is 1. The fourth-order valence-corrected chi connectivity index (χ4v) is 3.21. The molecule has 1 atom stereocenters. The average Bonchev–Trinajstić information content (AvgIpc) is 3.17. The number of nitrogens with zero attached hydrogens (tertiary/aromatic N) is 3. The van der Waals surface area contributed by atoms with E-state index in [-0.39, 0.29) is 11.8 Å². The molecule has 0 spiro atoms. The lowest BCUT2D eigenvalue weighted by atomic mass is 10.1. The molecule has 2 fully saturated rings. The van der Waals surface area contributed by atoms with Crippen LogP contribution in [-0.4, -0.2) is 59.8 Å². The fourth-order valence-electron chi connectivity index (χ4n) is 3.21. The summed E-state index contributed by atoms with van der Waals surface area (Å²) in [5, 5.41) is 23.9. The number of aliphatic hydroxyl groups is 1. The van der Waals surface area contributed by atoms with Gasteiger partial charge in [-0.1, -0.05) is 12.1 Å². The van der Waals surface area contributed by atoms with Crippen LogP contribution in [0.15, 0.2) is 29.3 Å². The molecule has 8 heteroatoms. The first-order chi connectivity index (χ1) is 12.6. The maximum absolute atomic E-state index is 10.8. The first-order valence-electron chi connectivity index (χ1n) is 9.14. The van der Waals surface area contributed by atoms with Crippen LogP contribution in [0, 0.1) is 16.0 Å². The number of hydrogen-bond donors (Lipinski definition) is 2. The lowest BCUT2D eigenvalue weighted by molar-refractivity contribution is -0.384. The number of aliphatic hydroxyl groups excluding tert-OH is 1. The molecular weight excluding hydrogens is 336 g/mol. The van der Waals surface area contributed by atoms with Crippen LogP contribution >= 0.6 is 0 Å². The van der Waals surface area contributed by atoms with Gasteiger partial charge in [-0.2, -0.15) is 0 Å². The monoisotopic (exact) mass is 362 g/mol. The molecule has 1 aromatic rings. The second-order valence-corrected chi connectivity index (χ2v) is 6.89. The smallest absolute Gasteiger partial charge is 0.269 e. The molecule has 2 N–H and O–H groups in total. The molecular formula is C18H26N4O4. The average molecular weight is 362 g/mol. The summed E-state index contributed by atoms with van der Waals surface area (Å²) in [6.45, 7) is 4.42. The first-order valence-corrected chi connectivity index (χ1v) is 9.14. The van der Waals surface area contributed by atoms with Gasteiger partial charge >= 0.3 is 0 Å².